The Labute approximate surface area is 108 Å². The molecule has 0 saturated heterocycles. The lowest BCUT2D eigenvalue weighted by Gasteiger charge is -2.08. The van der Waals surface area contributed by atoms with Crippen LogP contribution in [0.2, 0.25) is 0 Å². The molecule has 0 aliphatic rings. The minimum atomic E-state index is -0.765. The lowest BCUT2D eigenvalue weighted by Crippen LogP contribution is -2.17. The fourth-order valence-corrected chi connectivity index (χ4v) is 0.997. The van der Waals surface area contributed by atoms with E-state index in [9.17, 15) is 9.59 Å². The van der Waals surface area contributed by atoms with Crippen LogP contribution in [0.1, 0.15) is 33.6 Å². The second kappa shape index (κ2) is 12.3. The molecule has 6 heteroatoms. The number of rotatable bonds is 7. The van der Waals surface area contributed by atoms with Crippen molar-refractivity contribution < 1.29 is 28.9 Å². The van der Waals surface area contributed by atoms with E-state index in [-0.39, 0.29) is 24.6 Å². The van der Waals surface area contributed by atoms with Crippen molar-refractivity contribution in [2.45, 2.75) is 45.8 Å². The molecule has 0 heterocycles. The molecule has 108 valence electrons. The van der Waals surface area contributed by atoms with Crippen molar-refractivity contribution in [1.29, 1.82) is 0 Å². The summed E-state index contributed by atoms with van der Waals surface area (Å²) < 4.78 is 14.3. The van der Waals surface area contributed by atoms with E-state index in [1.54, 1.807) is 21.1 Å². The molecule has 2 atom stereocenters. The highest BCUT2D eigenvalue weighted by Gasteiger charge is 2.02. The molecule has 0 saturated carbocycles. The standard InChI is InChI=1S/2C6H12O3/c1-5(4-8-3)9-6(2)7;1-5(9-2)3-4-6(7)8/h5H,4H2,1-3H3;5H,3-4H2,1-2H3,(H,7,8). The van der Waals surface area contributed by atoms with Crippen molar-refractivity contribution in [3.05, 3.63) is 0 Å². The summed E-state index contributed by atoms with van der Waals surface area (Å²) in [6.07, 6.45) is 0.703. The van der Waals surface area contributed by atoms with Gasteiger partial charge in [0.15, 0.2) is 0 Å². The highest BCUT2D eigenvalue weighted by atomic mass is 16.6. The van der Waals surface area contributed by atoms with E-state index >= 15 is 0 Å². The summed E-state index contributed by atoms with van der Waals surface area (Å²) in [4.78, 5) is 20.2. The van der Waals surface area contributed by atoms with Gasteiger partial charge in [0.1, 0.15) is 6.10 Å². The van der Waals surface area contributed by atoms with Crippen LogP contribution in [0.3, 0.4) is 0 Å². The molecule has 2 unspecified atom stereocenters. The smallest absolute Gasteiger partial charge is 0.303 e. The van der Waals surface area contributed by atoms with E-state index in [1.807, 2.05) is 6.92 Å². The van der Waals surface area contributed by atoms with Crippen molar-refractivity contribution >= 4 is 11.9 Å². The number of hydrogen-bond donors (Lipinski definition) is 1. The number of esters is 1. The molecule has 6 nitrogen and oxygen atoms in total. The molecule has 0 bridgehead atoms. The molecular formula is C12H24O6. The quantitative estimate of drug-likeness (QED) is 0.701. The number of carboxylic acids is 1. The van der Waals surface area contributed by atoms with E-state index in [1.165, 1.54) is 6.92 Å². The fourth-order valence-electron chi connectivity index (χ4n) is 0.997. The van der Waals surface area contributed by atoms with Gasteiger partial charge in [-0.1, -0.05) is 0 Å². The van der Waals surface area contributed by atoms with Crippen molar-refractivity contribution in [2.24, 2.45) is 0 Å². The number of carbonyl (C=O) groups excluding carboxylic acids is 1. The maximum Gasteiger partial charge on any atom is 0.303 e. The first-order valence-corrected chi connectivity index (χ1v) is 5.74. The molecular weight excluding hydrogens is 240 g/mol. The van der Waals surface area contributed by atoms with E-state index < -0.39 is 5.97 Å². The summed E-state index contributed by atoms with van der Waals surface area (Å²) in [7, 11) is 3.15. The third kappa shape index (κ3) is 17.3. The first-order chi connectivity index (χ1) is 8.33. The maximum absolute atomic E-state index is 10.3. The maximum atomic E-state index is 10.3. The van der Waals surface area contributed by atoms with Crippen LogP contribution in [0.25, 0.3) is 0 Å². The Kier molecular flexibility index (Phi) is 13.1. The minimum absolute atomic E-state index is 0.0566. The van der Waals surface area contributed by atoms with Gasteiger partial charge in [-0.15, -0.1) is 0 Å². The molecule has 0 rings (SSSR count). The van der Waals surface area contributed by atoms with E-state index in [4.69, 9.17) is 19.3 Å². The molecule has 0 amide bonds. The van der Waals surface area contributed by atoms with Crippen LogP contribution >= 0.6 is 0 Å². The fraction of sp³-hybridized carbons (Fsp3) is 0.833. The van der Waals surface area contributed by atoms with Crippen molar-refractivity contribution in [2.75, 3.05) is 20.8 Å². The molecule has 0 aliphatic heterocycles. The average molecular weight is 264 g/mol. The largest absolute Gasteiger partial charge is 0.481 e. The normalized spacial score (nSPS) is 12.9. The van der Waals surface area contributed by atoms with Gasteiger partial charge in [0.25, 0.3) is 0 Å². The Morgan fingerprint density at radius 1 is 1.17 bits per heavy atom. The number of carbonyl (C=O) groups is 2. The molecule has 0 radical (unpaired) electrons. The molecule has 0 aliphatic carbocycles. The Balaban J connectivity index is 0. The molecule has 1 N–H and O–H groups in total. The summed E-state index contributed by atoms with van der Waals surface area (Å²) in [5.74, 6) is -1.03. The predicted octanol–water partition coefficient (Wildman–Crippen LogP) is 1.47. The lowest BCUT2D eigenvalue weighted by molar-refractivity contribution is -0.147. The van der Waals surface area contributed by atoms with E-state index in [2.05, 4.69) is 0 Å². The second-order valence-corrected chi connectivity index (χ2v) is 3.85. The van der Waals surface area contributed by atoms with Crippen molar-refractivity contribution in [3.63, 3.8) is 0 Å². The zero-order valence-electron chi connectivity index (χ0n) is 11.8. The molecule has 0 aromatic heterocycles. The number of carboxylic acid groups (broad SMARTS) is 1. The van der Waals surface area contributed by atoms with Crippen LogP contribution in [0.15, 0.2) is 0 Å². The monoisotopic (exact) mass is 264 g/mol. The third-order valence-electron chi connectivity index (χ3n) is 1.94. The summed E-state index contributed by atoms with van der Waals surface area (Å²) in [6.45, 7) is 5.47. The van der Waals surface area contributed by atoms with Crippen molar-refractivity contribution in [3.8, 4) is 0 Å². The summed E-state index contributed by atoms with van der Waals surface area (Å²) in [6, 6.07) is 0. The SMILES string of the molecule is COC(C)CCC(=O)O.COCC(C)OC(C)=O. The third-order valence-corrected chi connectivity index (χ3v) is 1.94. The molecule has 0 aromatic rings. The van der Waals surface area contributed by atoms with Crippen molar-refractivity contribution in [1.82, 2.24) is 0 Å². The van der Waals surface area contributed by atoms with Gasteiger partial charge in [0, 0.05) is 27.6 Å². The van der Waals surface area contributed by atoms with Crippen LogP contribution < -0.4 is 0 Å². The number of aliphatic carboxylic acids is 1. The van der Waals surface area contributed by atoms with Gasteiger partial charge in [0.2, 0.25) is 0 Å². The number of ether oxygens (including phenoxy) is 3. The van der Waals surface area contributed by atoms with Crippen LogP contribution in [-0.2, 0) is 23.8 Å². The van der Waals surface area contributed by atoms with Gasteiger partial charge in [-0.25, -0.2) is 0 Å². The summed E-state index contributed by atoms with van der Waals surface area (Å²) >= 11 is 0. The zero-order chi connectivity index (χ0) is 14.6. The lowest BCUT2D eigenvalue weighted by atomic mass is 10.2. The Morgan fingerprint density at radius 2 is 1.72 bits per heavy atom. The van der Waals surface area contributed by atoms with Crippen LogP contribution in [0.5, 0.6) is 0 Å². The van der Waals surface area contributed by atoms with Crippen LogP contribution in [-0.4, -0.2) is 50.1 Å². The Morgan fingerprint density at radius 3 is 2.06 bits per heavy atom. The van der Waals surface area contributed by atoms with E-state index in [0.29, 0.717) is 13.0 Å². The molecule has 0 fully saturated rings. The molecule has 18 heavy (non-hydrogen) atoms. The van der Waals surface area contributed by atoms with Gasteiger partial charge in [0.05, 0.1) is 12.7 Å². The first-order valence-electron chi connectivity index (χ1n) is 5.74. The average Bonchev–Trinajstić information content (AvgIpc) is 2.26. The highest BCUT2D eigenvalue weighted by molar-refractivity contribution is 5.66. The number of hydrogen-bond acceptors (Lipinski definition) is 5. The van der Waals surface area contributed by atoms with Crippen LogP contribution in [0.4, 0.5) is 0 Å². The second-order valence-electron chi connectivity index (χ2n) is 3.85. The molecule has 0 spiro atoms. The van der Waals surface area contributed by atoms with Gasteiger partial charge < -0.3 is 19.3 Å². The Hall–Kier alpha value is -1.14. The summed E-state index contributed by atoms with van der Waals surface area (Å²) in [5, 5.41) is 8.20. The summed E-state index contributed by atoms with van der Waals surface area (Å²) in [5.41, 5.74) is 0. The van der Waals surface area contributed by atoms with Gasteiger partial charge in [-0.3, -0.25) is 9.59 Å². The zero-order valence-corrected chi connectivity index (χ0v) is 11.8. The van der Waals surface area contributed by atoms with E-state index in [0.717, 1.165) is 0 Å². The highest BCUT2D eigenvalue weighted by Crippen LogP contribution is 1.98. The predicted molar refractivity (Wildman–Crippen MR) is 66.4 cm³/mol. The Bertz CT molecular complexity index is 229. The van der Waals surface area contributed by atoms with Gasteiger partial charge in [-0.05, 0) is 20.3 Å². The topological polar surface area (TPSA) is 82.1 Å². The van der Waals surface area contributed by atoms with Gasteiger partial charge in [-0.2, -0.15) is 0 Å². The van der Waals surface area contributed by atoms with Crippen LogP contribution in [0, 0.1) is 0 Å². The number of methoxy groups -OCH3 is 2. The molecule has 0 aromatic carbocycles. The first kappa shape index (κ1) is 19.2. The van der Waals surface area contributed by atoms with Gasteiger partial charge >= 0.3 is 11.9 Å². The minimum Gasteiger partial charge on any atom is -0.481 e.